The summed E-state index contributed by atoms with van der Waals surface area (Å²) in [6.07, 6.45) is 0. The van der Waals surface area contributed by atoms with E-state index in [4.69, 9.17) is 0 Å². The van der Waals surface area contributed by atoms with Crippen molar-refractivity contribution < 1.29 is 34.8 Å². The fourth-order valence-corrected chi connectivity index (χ4v) is 91.1. The number of hydrogen-bond donors (Lipinski definition) is 0. The van der Waals surface area contributed by atoms with Crippen molar-refractivity contribution >= 4 is 30.1 Å². The molecule has 0 spiro atoms. The van der Waals surface area contributed by atoms with E-state index in [-0.39, 0.29) is 42.1 Å². The third kappa shape index (κ3) is 31.5. The predicted molar refractivity (Wildman–Crippen MR) is 121 cm³/mol. The van der Waals surface area contributed by atoms with Crippen LogP contribution in [0.5, 0.6) is 0 Å². The molecule has 24 heavy (non-hydrogen) atoms. The average molecular weight is 596 g/mol. The summed E-state index contributed by atoms with van der Waals surface area (Å²) in [5.41, 5.74) is 0. The van der Waals surface area contributed by atoms with Crippen molar-refractivity contribution in [2.24, 2.45) is 0 Å². The number of rotatable bonds is 3. The molecule has 0 aliphatic heterocycles. The van der Waals surface area contributed by atoms with Crippen LogP contribution in [0.1, 0.15) is 0 Å². The van der Waals surface area contributed by atoms with E-state index < -0.39 is 22.8 Å². The summed E-state index contributed by atoms with van der Waals surface area (Å²) in [7, 11) is 8.03. The van der Waals surface area contributed by atoms with Gasteiger partial charge in [0.2, 0.25) is 0 Å². The van der Waals surface area contributed by atoms with Crippen molar-refractivity contribution in [3.8, 4) is 0 Å². The molecule has 0 aliphatic carbocycles. The van der Waals surface area contributed by atoms with Crippen molar-refractivity contribution in [1.82, 2.24) is 0 Å². The first kappa shape index (κ1) is 40.5. The molecule has 0 saturated carbocycles. The van der Waals surface area contributed by atoms with Crippen LogP contribution in [-0.2, 0) is 22.4 Å². The Labute approximate surface area is 181 Å². The zero-order chi connectivity index (χ0) is 19.2. The van der Waals surface area contributed by atoms with E-state index in [1.165, 1.54) is 0 Å². The van der Waals surface area contributed by atoms with Crippen molar-refractivity contribution in [2.75, 3.05) is 42.3 Å². The molecule has 0 aliphatic rings. The normalized spacial score (nSPS) is 10.5. The van der Waals surface area contributed by atoms with E-state index in [0.717, 1.165) is 0 Å². The van der Waals surface area contributed by atoms with Gasteiger partial charge >= 0.3 is 0 Å². The van der Waals surface area contributed by atoms with Crippen LogP contribution in [-0.4, -0.2) is 72.4 Å². The second-order valence-corrected chi connectivity index (χ2v) is 45.2. The molecule has 0 fully saturated rings. The topological polar surface area (TPSA) is 42.3 Å². The first-order chi connectivity index (χ1) is 9.61. The second kappa shape index (κ2) is 21.1. The van der Waals surface area contributed by atoms with E-state index in [9.17, 15) is 0 Å². The summed E-state index contributed by atoms with van der Waals surface area (Å²) in [5.74, 6) is 0. The summed E-state index contributed by atoms with van der Waals surface area (Å²) in [5, 5.41) is 10.5. The molecule has 152 valence electrons. The van der Waals surface area contributed by atoms with E-state index in [1.54, 1.807) is 42.3 Å². The van der Waals surface area contributed by atoms with Crippen molar-refractivity contribution in [3.05, 3.63) is 16.0 Å². The fraction of sp³-hybridized carbons (Fsp3) is 1.00. The Bertz CT molecular complexity index is 192. The molecular formula is C15H45ClN3Si4Ta-4. The Balaban J connectivity index is -0.0000000619. The van der Waals surface area contributed by atoms with Gasteiger partial charge in [-0.05, 0) is 0 Å². The van der Waals surface area contributed by atoms with Gasteiger partial charge in [0.1, 0.15) is 0 Å². The maximum absolute atomic E-state index is 3.50. The third-order valence-corrected chi connectivity index (χ3v) is 60.8. The molecular weight excluding hydrogens is 551 g/mol. The molecule has 0 atom stereocenters. The molecule has 3 nitrogen and oxygen atoms in total. The minimum absolute atomic E-state index is 0. The maximum atomic E-state index is 3.50. The first-order valence-corrected chi connectivity index (χ1v) is 22.9. The first-order valence-electron chi connectivity index (χ1n) is 7.93. The van der Waals surface area contributed by atoms with Crippen LogP contribution in [0.2, 0.25) is 58.9 Å². The molecule has 0 aromatic carbocycles. The second-order valence-electron chi connectivity index (χ2n) is 8.47. The molecule has 0 unspecified atom stereocenters. The van der Waals surface area contributed by atoms with Gasteiger partial charge in [-0.2, -0.15) is 42.3 Å². The minimum atomic E-state index is -0.832. The smallest absolute Gasteiger partial charge is 0.0306 e. The zero-order valence-corrected chi connectivity index (χ0v) is 27.1. The molecule has 0 aromatic rings. The molecule has 0 saturated heterocycles. The summed E-state index contributed by atoms with van der Waals surface area (Å²) >= 11 is 0. The molecule has 0 aromatic heterocycles. The van der Waals surface area contributed by atoms with Gasteiger partial charge < -0.3 is 28.4 Å². The van der Waals surface area contributed by atoms with E-state index in [2.05, 4.69) is 74.9 Å². The molecule has 9 heteroatoms. The van der Waals surface area contributed by atoms with Gasteiger partial charge in [0.05, 0.1) is 0 Å². The Morgan fingerprint density at radius 1 is 0.458 bits per heavy atom. The SMILES string of the molecule is C[N-]C.C[N-]C.C[N-]C.C[Si](C)(C)[Si]([Si](C)(C)C)[Si](C)(C)C.[Cl-].[Ta]. The molecule has 0 amide bonds. The Morgan fingerprint density at radius 2 is 0.542 bits per heavy atom. The molecule has 0 rings (SSSR count). The van der Waals surface area contributed by atoms with E-state index >= 15 is 0 Å². The van der Waals surface area contributed by atoms with Gasteiger partial charge in [-0.25, -0.2) is 0 Å². The largest absolute Gasteiger partial charge is 1.00 e. The summed E-state index contributed by atoms with van der Waals surface area (Å²) in [6, 6.07) is 0. The van der Waals surface area contributed by atoms with Crippen molar-refractivity contribution in [3.63, 3.8) is 0 Å². The summed E-state index contributed by atoms with van der Waals surface area (Å²) < 4.78 is 0. The number of nitrogens with zero attached hydrogens (tertiary/aromatic N) is 3. The number of halogens is 1. The van der Waals surface area contributed by atoms with E-state index in [1.807, 2.05) is 0 Å². The Morgan fingerprint density at radius 3 is 0.542 bits per heavy atom. The van der Waals surface area contributed by atoms with Gasteiger partial charge in [0.25, 0.3) is 0 Å². The van der Waals surface area contributed by atoms with Gasteiger partial charge in [0, 0.05) is 52.5 Å². The van der Waals surface area contributed by atoms with Gasteiger partial charge in [-0.3, -0.25) is 0 Å². The standard InChI is InChI=1S/C9H27Si4.3C2H6N.ClH.Ta/c1-11(2,3)10(12(4,5)6)13(7,8)9;3*1-3-2;;/h1-9H3;3*1-2H3;1H;/q;3*-1;;/p-1. The predicted octanol–water partition coefficient (Wildman–Crippen LogP) is 2.59. The van der Waals surface area contributed by atoms with Crippen LogP contribution in [0.25, 0.3) is 16.0 Å². The monoisotopic (exact) mass is 595 g/mol. The Hall–Kier alpha value is 1.78. The van der Waals surface area contributed by atoms with Gasteiger partial charge in [0.15, 0.2) is 0 Å². The maximum Gasteiger partial charge on any atom is 0.0306 e. The van der Waals surface area contributed by atoms with Crippen LogP contribution < -0.4 is 12.4 Å². The van der Waals surface area contributed by atoms with Crippen LogP contribution in [0.15, 0.2) is 0 Å². The number of hydrogen-bond acceptors (Lipinski definition) is 0. The van der Waals surface area contributed by atoms with Gasteiger partial charge in [-0.15, -0.1) is 0 Å². The molecule has 2 radical (unpaired) electrons. The summed E-state index contributed by atoms with van der Waals surface area (Å²) in [4.78, 5) is 0. The summed E-state index contributed by atoms with van der Waals surface area (Å²) in [6.45, 7) is 23.5. The fourth-order valence-electron chi connectivity index (χ4n) is 3.38. The third-order valence-electron chi connectivity index (χ3n) is 2.25. The zero-order valence-electron chi connectivity index (χ0n) is 19.2. The van der Waals surface area contributed by atoms with Gasteiger partial charge in [-0.1, -0.05) is 58.9 Å². The van der Waals surface area contributed by atoms with Crippen molar-refractivity contribution in [1.29, 1.82) is 0 Å². The molecule has 0 N–H and O–H groups in total. The van der Waals surface area contributed by atoms with Crippen molar-refractivity contribution in [2.45, 2.75) is 58.9 Å². The average Bonchev–Trinajstić information content (AvgIpc) is 2.12. The van der Waals surface area contributed by atoms with Crippen LogP contribution in [0.3, 0.4) is 0 Å². The van der Waals surface area contributed by atoms with Crippen LogP contribution in [0, 0.1) is 0 Å². The Kier molecular flexibility index (Phi) is 35.5. The molecule has 0 heterocycles. The van der Waals surface area contributed by atoms with E-state index in [0.29, 0.717) is 0 Å². The quantitative estimate of drug-likeness (QED) is 0.450. The van der Waals surface area contributed by atoms with Crippen LogP contribution in [0.4, 0.5) is 0 Å². The molecule has 0 bridgehead atoms. The van der Waals surface area contributed by atoms with Crippen LogP contribution >= 0.6 is 0 Å². The minimum Gasteiger partial charge on any atom is -1.00 e.